The van der Waals surface area contributed by atoms with Gasteiger partial charge in [0.15, 0.2) is 17.3 Å². The molecule has 1 N–H and O–H groups in total. The number of benzene rings is 2. The van der Waals surface area contributed by atoms with Crippen LogP contribution in [-0.2, 0) is 15.7 Å². The molecule has 3 aromatic rings. The van der Waals surface area contributed by atoms with Crippen LogP contribution in [0.15, 0.2) is 36.4 Å². The summed E-state index contributed by atoms with van der Waals surface area (Å²) in [5, 5.41) is 16.3. The highest BCUT2D eigenvalue weighted by atomic mass is 35.5. The molecule has 0 saturated carbocycles. The van der Waals surface area contributed by atoms with E-state index >= 15 is 0 Å². The number of alkyl halides is 5. The topological polar surface area (TPSA) is 95.7 Å². The van der Waals surface area contributed by atoms with Crippen molar-refractivity contribution >= 4 is 17.6 Å². The second kappa shape index (κ2) is 9.30. The normalized spacial score (nSPS) is 17.5. The van der Waals surface area contributed by atoms with E-state index in [1.54, 1.807) is 0 Å². The first kappa shape index (κ1) is 24.7. The summed E-state index contributed by atoms with van der Waals surface area (Å²) in [6.45, 7) is -3.28. The molecule has 8 nitrogen and oxygen atoms in total. The van der Waals surface area contributed by atoms with Crippen LogP contribution >= 0.6 is 11.6 Å². The molecule has 0 spiro atoms. The van der Waals surface area contributed by atoms with Gasteiger partial charge in [-0.2, -0.15) is 22.0 Å². The molecule has 186 valence electrons. The van der Waals surface area contributed by atoms with E-state index in [4.69, 9.17) is 21.1 Å². The number of methoxy groups -OCH3 is 1. The Hall–Kier alpha value is -3.45. The van der Waals surface area contributed by atoms with Crippen molar-refractivity contribution in [1.29, 1.82) is 0 Å². The predicted molar refractivity (Wildman–Crippen MR) is 109 cm³/mol. The van der Waals surface area contributed by atoms with Crippen LogP contribution in [0.2, 0.25) is 5.02 Å². The summed E-state index contributed by atoms with van der Waals surface area (Å²) in [5.41, 5.74) is -0.189. The molecule has 14 heteroatoms. The Morgan fingerprint density at radius 1 is 1.23 bits per heavy atom. The van der Waals surface area contributed by atoms with Gasteiger partial charge in [-0.15, -0.1) is 10.2 Å². The van der Waals surface area contributed by atoms with Gasteiger partial charge in [0.1, 0.15) is 12.2 Å². The van der Waals surface area contributed by atoms with Crippen LogP contribution < -0.4 is 9.47 Å². The summed E-state index contributed by atoms with van der Waals surface area (Å²) < 4.78 is 84.3. The smallest absolute Gasteiger partial charge is 0.452 e. The highest BCUT2D eigenvalue weighted by molar-refractivity contribution is 6.30. The molecule has 0 saturated heterocycles. The van der Waals surface area contributed by atoms with Crippen LogP contribution in [0.3, 0.4) is 0 Å². The standard InChI is InChI=1S/C21H15ClF5N3O5/c1-33-13-4-2-3-10(17(13)35-20(23)24)16-11-7-9(22)5-6-12(11)30-18(14(34-16)8-15(31)32)28-29-19(30)21(25,26)27/h2-7,14,16,20H,8H2,1H3,(H,31,32)/t14-,16-/m1/s1. The number of para-hydroxylation sites is 1. The van der Waals surface area contributed by atoms with E-state index in [0.717, 1.165) is 0 Å². The quantitative estimate of drug-likeness (QED) is 0.448. The molecule has 0 fully saturated rings. The summed E-state index contributed by atoms with van der Waals surface area (Å²) in [6, 6.07) is 7.93. The molecule has 1 aliphatic rings. The molecule has 0 aliphatic carbocycles. The number of nitrogens with zero attached hydrogens (tertiary/aromatic N) is 3. The van der Waals surface area contributed by atoms with Gasteiger partial charge in [-0.25, -0.2) is 0 Å². The Balaban J connectivity index is 2.03. The number of halogens is 6. The van der Waals surface area contributed by atoms with Crippen molar-refractivity contribution in [2.75, 3.05) is 7.11 Å². The van der Waals surface area contributed by atoms with Crippen molar-refractivity contribution in [3.8, 4) is 17.2 Å². The largest absolute Gasteiger partial charge is 0.493 e. The first-order valence-corrected chi connectivity index (χ1v) is 10.2. The lowest BCUT2D eigenvalue weighted by Gasteiger charge is -2.25. The third-order valence-electron chi connectivity index (χ3n) is 5.12. The van der Waals surface area contributed by atoms with Crippen LogP contribution in [0.1, 0.15) is 41.4 Å². The molecule has 2 heterocycles. The highest BCUT2D eigenvalue weighted by Crippen LogP contribution is 2.47. The van der Waals surface area contributed by atoms with Crippen molar-refractivity contribution in [1.82, 2.24) is 14.8 Å². The van der Waals surface area contributed by atoms with Gasteiger partial charge in [-0.1, -0.05) is 23.7 Å². The number of carboxylic acids is 1. The second-order valence-electron chi connectivity index (χ2n) is 7.28. The third-order valence-corrected chi connectivity index (χ3v) is 5.36. The number of carbonyl (C=O) groups is 1. The number of fused-ring (bicyclic) bond motifs is 3. The summed E-state index contributed by atoms with van der Waals surface area (Å²) >= 11 is 6.13. The Morgan fingerprint density at radius 3 is 2.60 bits per heavy atom. The van der Waals surface area contributed by atoms with Gasteiger partial charge in [-0.3, -0.25) is 9.36 Å². The molecule has 1 aromatic heterocycles. The molecule has 2 aromatic carbocycles. The van der Waals surface area contributed by atoms with Crippen molar-refractivity contribution < 1.29 is 46.1 Å². The third kappa shape index (κ3) is 4.73. The fraction of sp³-hybridized carbons (Fsp3) is 0.286. The summed E-state index contributed by atoms with van der Waals surface area (Å²) in [5.74, 6) is -3.82. The maximum atomic E-state index is 13.8. The number of rotatable bonds is 6. The molecular weight excluding hydrogens is 505 g/mol. The Labute approximate surface area is 198 Å². The van der Waals surface area contributed by atoms with Gasteiger partial charge in [0.25, 0.3) is 0 Å². The van der Waals surface area contributed by atoms with E-state index in [-0.39, 0.29) is 27.6 Å². The van der Waals surface area contributed by atoms with E-state index in [1.807, 2.05) is 0 Å². The fourth-order valence-electron chi connectivity index (χ4n) is 3.82. The van der Waals surface area contributed by atoms with Crippen LogP contribution in [0, 0.1) is 0 Å². The maximum absolute atomic E-state index is 13.8. The van der Waals surface area contributed by atoms with Gasteiger partial charge < -0.3 is 19.3 Å². The monoisotopic (exact) mass is 519 g/mol. The second-order valence-corrected chi connectivity index (χ2v) is 7.71. The molecule has 35 heavy (non-hydrogen) atoms. The molecular formula is C21H15ClF5N3O5. The highest BCUT2D eigenvalue weighted by Gasteiger charge is 2.44. The van der Waals surface area contributed by atoms with Gasteiger partial charge >= 0.3 is 18.8 Å². The van der Waals surface area contributed by atoms with E-state index in [1.165, 1.54) is 43.5 Å². The minimum absolute atomic E-state index is 0.00399. The lowest BCUT2D eigenvalue weighted by Crippen LogP contribution is -2.17. The SMILES string of the molecule is COc1cccc([C@H]2O[C@H](CC(=O)O)c3nnc(C(F)(F)F)n3-c3ccc(Cl)cc32)c1OC(F)F. The number of aromatic nitrogens is 3. The van der Waals surface area contributed by atoms with E-state index in [9.17, 15) is 31.9 Å². The molecule has 0 radical (unpaired) electrons. The minimum Gasteiger partial charge on any atom is -0.493 e. The first-order chi connectivity index (χ1) is 16.5. The maximum Gasteiger partial charge on any atom is 0.452 e. The number of carboxylic acid groups (broad SMARTS) is 1. The van der Waals surface area contributed by atoms with Crippen LogP contribution in [-0.4, -0.2) is 39.6 Å². The molecule has 0 amide bonds. The minimum atomic E-state index is -4.96. The molecule has 4 rings (SSSR count). The van der Waals surface area contributed by atoms with E-state index in [2.05, 4.69) is 14.9 Å². The zero-order valence-corrected chi connectivity index (χ0v) is 18.3. The van der Waals surface area contributed by atoms with Crippen molar-refractivity contribution in [2.45, 2.75) is 31.4 Å². The van der Waals surface area contributed by atoms with E-state index in [0.29, 0.717) is 4.57 Å². The lowest BCUT2D eigenvalue weighted by molar-refractivity contribution is -0.146. The molecule has 2 atom stereocenters. The van der Waals surface area contributed by atoms with Gasteiger partial charge in [-0.05, 0) is 24.3 Å². The van der Waals surface area contributed by atoms with Crippen molar-refractivity contribution in [3.63, 3.8) is 0 Å². The summed E-state index contributed by atoms with van der Waals surface area (Å²) in [4.78, 5) is 11.6. The summed E-state index contributed by atoms with van der Waals surface area (Å²) in [6.07, 6.45) is -8.73. The number of ether oxygens (including phenoxy) is 3. The number of hydrogen-bond acceptors (Lipinski definition) is 6. The molecule has 1 aliphatic heterocycles. The zero-order valence-electron chi connectivity index (χ0n) is 17.6. The van der Waals surface area contributed by atoms with E-state index < -0.39 is 54.8 Å². The number of aliphatic carboxylic acids is 1. The summed E-state index contributed by atoms with van der Waals surface area (Å²) in [7, 11) is 1.21. The zero-order chi connectivity index (χ0) is 25.5. The van der Waals surface area contributed by atoms with Crippen LogP contribution in [0.5, 0.6) is 11.5 Å². The average Bonchev–Trinajstić information content (AvgIpc) is 3.17. The Bertz CT molecular complexity index is 1270. The predicted octanol–water partition coefficient (Wildman–Crippen LogP) is 5.18. The Kier molecular flexibility index (Phi) is 6.56. The Morgan fingerprint density at radius 2 is 1.97 bits per heavy atom. The van der Waals surface area contributed by atoms with Gasteiger partial charge in [0.2, 0.25) is 5.82 Å². The molecule has 0 bridgehead atoms. The lowest BCUT2D eigenvalue weighted by atomic mass is 9.98. The molecule has 0 unspecified atom stereocenters. The first-order valence-electron chi connectivity index (χ1n) is 9.82. The fourth-order valence-corrected chi connectivity index (χ4v) is 4.00. The van der Waals surface area contributed by atoms with Crippen molar-refractivity contribution in [2.24, 2.45) is 0 Å². The average molecular weight is 520 g/mol. The number of hydrogen-bond donors (Lipinski definition) is 1. The van der Waals surface area contributed by atoms with Gasteiger partial charge in [0, 0.05) is 16.1 Å². The van der Waals surface area contributed by atoms with Crippen molar-refractivity contribution in [3.05, 3.63) is 64.2 Å². The van der Waals surface area contributed by atoms with Gasteiger partial charge in [0.05, 0.1) is 19.2 Å². The van der Waals surface area contributed by atoms with Crippen LogP contribution in [0.25, 0.3) is 5.69 Å². The van der Waals surface area contributed by atoms with Crippen LogP contribution in [0.4, 0.5) is 22.0 Å².